The van der Waals surface area contributed by atoms with E-state index in [9.17, 15) is 0 Å². The van der Waals surface area contributed by atoms with Crippen molar-refractivity contribution in [3.8, 4) is 0 Å². The van der Waals surface area contributed by atoms with Gasteiger partial charge in [-0.15, -0.1) is 0 Å². The van der Waals surface area contributed by atoms with Crippen molar-refractivity contribution < 1.29 is 0 Å². The van der Waals surface area contributed by atoms with Gasteiger partial charge in [0.05, 0.1) is 0 Å². The van der Waals surface area contributed by atoms with E-state index in [1.165, 1.54) is 51.9 Å². The molecule has 2 fully saturated rings. The lowest BCUT2D eigenvalue weighted by Gasteiger charge is -2.41. The number of hydrogen-bond acceptors (Lipinski definition) is 3. The van der Waals surface area contributed by atoms with E-state index in [4.69, 9.17) is 0 Å². The molecule has 0 aliphatic carbocycles. The largest absolute Gasteiger partial charge is 0.314 e. The molecule has 3 atom stereocenters. The monoisotopic (exact) mass is 239 g/mol. The molecular formula is C14H29N3. The van der Waals surface area contributed by atoms with E-state index in [2.05, 4.69) is 36.0 Å². The standard InChI is InChI=1S/C14H29N3/c1-4-13-11-16(3)8-5-9-17(13)14-6-7-15-12(2)10-14/h12-15H,4-11H2,1-3H3. The van der Waals surface area contributed by atoms with Crippen LogP contribution in [0.4, 0.5) is 0 Å². The number of piperidine rings is 1. The van der Waals surface area contributed by atoms with Crippen LogP contribution in [0, 0.1) is 0 Å². The van der Waals surface area contributed by atoms with Crippen LogP contribution in [0.5, 0.6) is 0 Å². The lowest BCUT2D eigenvalue weighted by Crippen LogP contribution is -2.51. The quantitative estimate of drug-likeness (QED) is 0.788. The van der Waals surface area contributed by atoms with Gasteiger partial charge in [-0.2, -0.15) is 0 Å². The molecule has 2 saturated heterocycles. The van der Waals surface area contributed by atoms with Crippen molar-refractivity contribution in [1.82, 2.24) is 15.1 Å². The zero-order chi connectivity index (χ0) is 12.3. The number of nitrogens with one attached hydrogen (secondary N) is 1. The summed E-state index contributed by atoms with van der Waals surface area (Å²) in [4.78, 5) is 5.33. The molecule has 3 unspecified atom stereocenters. The van der Waals surface area contributed by atoms with E-state index in [-0.39, 0.29) is 0 Å². The summed E-state index contributed by atoms with van der Waals surface area (Å²) in [6.07, 6.45) is 5.30. The Balaban J connectivity index is 2.00. The number of rotatable bonds is 2. The Labute approximate surface area is 107 Å². The summed E-state index contributed by atoms with van der Waals surface area (Å²) in [5, 5.41) is 3.57. The third-order valence-electron chi connectivity index (χ3n) is 4.48. The Morgan fingerprint density at radius 1 is 1.29 bits per heavy atom. The summed E-state index contributed by atoms with van der Waals surface area (Å²) < 4.78 is 0. The van der Waals surface area contributed by atoms with E-state index >= 15 is 0 Å². The van der Waals surface area contributed by atoms with Gasteiger partial charge in [0.1, 0.15) is 0 Å². The highest BCUT2D eigenvalue weighted by Gasteiger charge is 2.30. The van der Waals surface area contributed by atoms with Crippen LogP contribution in [0.15, 0.2) is 0 Å². The van der Waals surface area contributed by atoms with Crippen molar-refractivity contribution in [2.75, 3.05) is 33.2 Å². The molecule has 0 amide bonds. The van der Waals surface area contributed by atoms with Crippen LogP contribution in [0.3, 0.4) is 0 Å². The Hall–Kier alpha value is -0.120. The minimum Gasteiger partial charge on any atom is -0.314 e. The molecule has 3 nitrogen and oxygen atoms in total. The molecule has 2 heterocycles. The molecule has 0 saturated carbocycles. The first-order valence-corrected chi connectivity index (χ1v) is 7.38. The van der Waals surface area contributed by atoms with Crippen molar-refractivity contribution >= 4 is 0 Å². The molecule has 2 aliphatic rings. The van der Waals surface area contributed by atoms with E-state index in [0.717, 1.165) is 12.1 Å². The summed E-state index contributed by atoms with van der Waals surface area (Å²) in [6.45, 7) is 9.72. The third-order valence-corrected chi connectivity index (χ3v) is 4.48. The predicted molar refractivity (Wildman–Crippen MR) is 73.4 cm³/mol. The van der Waals surface area contributed by atoms with Gasteiger partial charge in [0.2, 0.25) is 0 Å². The molecule has 0 radical (unpaired) electrons. The summed E-state index contributed by atoms with van der Waals surface area (Å²) in [5.74, 6) is 0. The van der Waals surface area contributed by atoms with Gasteiger partial charge in [0.15, 0.2) is 0 Å². The zero-order valence-electron chi connectivity index (χ0n) is 11.8. The van der Waals surface area contributed by atoms with Crippen molar-refractivity contribution in [3.05, 3.63) is 0 Å². The summed E-state index contributed by atoms with van der Waals surface area (Å²) in [6, 6.07) is 2.30. The molecule has 1 N–H and O–H groups in total. The van der Waals surface area contributed by atoms with Gasteiger partial charge >= 0.3 is 0 Å². The van der Waals surface area contributed by atoms with Crippen molar-refractivity contribution in [1.29, 1.82) is 0 Å². The highest BCUT2D eigenvalue weighted by Crippen LogP contribution is 2.22. The van der Waals surface area contributed by atoms with Gasteiger partial charge in [-0.3, -0.25) is 4.90 Å². The molecule has 0 spiro atoms. The van der Waals surface area contributed by atoms with Gasteiger partial charge in [0, 0.05) is 24.7 Å². The number of likely N-dealkylation sites (N-methyl/N-ethyl adjacent to an activating group) is 1. The molecule has 0 bridgehead atoms. The predicted octanol–water partition coefficient (Wildman–Crippen LogP) is 1.54. The average Bonchev–Trinajstić information content (AvgIpc) is 2.50. The fraction of sp³-hybridized carbons (Fsp3) is 1.00. The minimum absolute atomic E-state index is 0.701. The van der Waals surface area contributed by atoms with Gasteiger partial charge in [-0.05, 0) is 59.3 Å². The van der Waals surface area contributed by atoms with Crippen LogP contribution in [0.25, 0.3) is 0 Å². The number of nitrogens with zero attached hydrogens (tertiary/aromatic N) is 2. The molecular weight excluding hydrogens is 210 g/mol. The zero-order valence-corrected chi connectivity index (χ0v) is 11.8. The highest BCUT2D eigenvalue weighted by atomic mass is 15.3. The topological polar surface area (TPSA) is 18.5 Å². The average molecular weight is 239 g/mol. The molecule has 2 rings (SSSR count). The van der Waals surface area contributed by atoms with Gasteiger partial charge < -0.3 is 10.2 Å². The van der Waals surface area contributed by atoms with E-state index in [1.807, 2.05) is 0 Å². The smallest absolute Gasteiger partial charge is 0.0223 e. The summed E-state index contributed by atoms with van der Waals surface area (Å²) in [7, 11) is 2.28. The molecule has 0 aromatic heterocycles. The number of hydrogen-bond donors (Lipinski definition) is 1. The normalized spacial score (nSPS) is 37.9. The summed E-state index contributed by atoms with van der Waals surface area (Å²) in [5.41, 5.74) is 0. The van der Waals surface area contributed by atoms with Crippen LogP contribution in [0.1, 0.15) is 39.5 Å². The second-order valence-corrected chi connectivity index (χ2v) is 5.95. The third kappa shape index (κ3) is 3.43. The van der Waals surface area contributed by atoms with E-state index in [0.29, 0.717) is 6.04 Å². The summed E-state index contributed by atoms with van der Waals surface area (Å²) >= 11 is 0. The Kier molecular flexibility index (Phi) is 4.83. The lowest BCUT2D eigenvalue weighted by molar-refractivity contribution is 0.0956. The Morgan fingerprint density at radius 2 is 2.12 bits per heavy atom. The molecule has 0 aromatic rings. The van der Waals surface area contributed by atoms with Crippen LogP contribution in [-0.2, 0) is 0 Å². The van der Waals surface area contributed by atoms with Crippen molar-refractivity contribution in [2.45, 2.75) is 57.7 Å². The fourth-order valence-corrected chi connectivity index (χ4v) is 3.51. The Morgan fingerprint density at radius 3 is 2.82 bits per heavy atom. The first-order chi connectivity index (χ1) is 8.20. The fourth-order valence-electron chi connectivity index (χ4n) is 3.51. The molecule has 2 aliphatic heterocycles. The van der Waals surface area contributed by atoms with Crippen LogP contribution in [-0.4, -0.2) is 61.2 Å². The van der Waals surface area contributed by atoms with Crippen LogP contribution >= 0.6 is 0 Å². The van der Waals surface area contributed by atoms with Gasteiger partial charge in [-0.1, -0.05) is 6.92 Å². The SMILES string of the molecule is CCC1CN(C)CCCN1C1CCNC(C)C1. The maximum Gasteiger partial charge on any atom is 0.0223 e. The van der Waals surface area contributed by atoms with Gasteiger partial charge in [0.25, 0.3) is 0 Å². The molecule has 0 aromatic carbocycles. The first-order valence-electron chi connectivity index (χ1n) is 7.38. The van der Waals surface area contributed by atoms with E-state index in [1.54, 1.807) is 0 Å². The molecule has 3 heteroatoms. The van der Waals surface area contributed by atoms with E-state index < -0.39 is 0 Å². The Bertz CT molecular complexity index is 232. The van der Waals surface area contributed by atoms with Crippen molar-refractivity contribution in [2.24, 2.45) is 0 Å². The molecule has 100 valence electrons. The minimum atomic E-state index is 0.701. The van der Waals surface area contributed by atoms with Crippen LogP contribution < -0.4 is 5.32 Å². The maximum atomic E-state index is 3.57. The van der Waals surface area contributed by atoms with Gasteiger partial charge in [-0.25, -0.2) is 0 Å². The van der Waals surface area contributed by atoms with Crippen LogP contribution in [0.2, 0.25) is 0 Å². The lowest BCUT2D eigenvalue weighted by atomic mass is 9.96. The second-order valence-electron chi connectivity index (χ2n) is 5.95. The van der Waals surface area contributed by atoms with Crippen molar-refractivity contribution in [3.63, 3.8) is 0 Å². The molecule has 17 heavy (non-hydrogen) atoms. The first kappa shape index (κ1) is 13.3. The highest BCUT2D eigenvalue weighted by molar-refractivity contribution is 4.88. The maximum absolute atomic E-state index is 3.57. The second kappa shape index (κ2) is 6.17.